The van der Waals surface area contributed by atoms with Crippen LogP contribution < -0.4 is 5.32 Å². The number of esters is 1. The van der Waals surface area contributed by atoms with E-state index in [1.54, 1.807) is 24.3 Å². The van der Waals surface area contributed by atoms with Crippen LogP contribution in [0.2, 0.25) is 5.02 Å². The Kier molecular flexibility index (Phi) is 5.30. The van der Waals surface area contributed by atoms with Gasteiger partial charge in [-0.2, -0.15) is 0 Å². The van der Waals surface area contributed by atoms with E-state index in [1.807, 2.05) is 24.3 Å². The summed E-state index contributed by atoms with van der Waals surface area (Å²) >= 11 is 5.94. The number of nitrogens with zero attached hydrogens (tertiary/aromatic N) is 1. The lowest BCUT2D eigenvalue weighted by Gasteiger charge is -2.07. The smallest absolute Gasteiger partial charge is 0.306 e. The number of benzene rings is 2. The zero-order chi connectivity index (χ0) is 17.6. The van der Waals surface area contributed by atoms with Crippen molar-refractivity contribution in [2.75, 3.05) is 11.9 Å². The van der Waals surface area contributed by atoms with Gasteiger partial charge >= 0.3 is 5.97 Å². The second kappa shape index (κ2) is 7.81. The molecule has 1 aromatic heterocycles. The van der Waals surface area contributed by atoms with E-state index >= 15 is 0 Å². The van der Waals surface area contributed by atoms with Crippen molar-refractivity contribution in [3.8, 4) is 0 Å². The summed E-state index contributed by atoms with van der Waals surface area (Å²) in [6.45, 7) is -0.377. The summed E-state index contributed by atoms with van der Waals surface area (Å²) in [5.41, 5.74) is 1.88. The molecule has 0 aliphatic carbocycles. The summed E-state index contributed by atoms with van der Waals surface area (Å²) in [5.74, 6) is -0.501. The van der Waals surface area contributed by atoms with Gasteiger partial charge in [0.2, 0.25) is 0 Å². The number of hydrogen-bond acceptors (Lipinski definition) is 5. The van der Waals surface area contributed by atoms with Crippen LogP contribution in [0.5, 0.6) is 0 Å². The maximum Gasteiger partial charge on any atom is 0.306 e. The first-order valence-corrected chi connectivity index (χ1v) is 8.04. The maximum atomic E-state index is 11.8. The zero-order valence-corrected chi connectivity index (χ0v) is 14.0. The molecule has 3 rings (SSSR count). The van der Waals surface area contributed by atoms with Crippen molar-refractivity contribution in [2.45, 2.75) is 12.8 Å². The molecule has 2 aromatic carbocycles. The van der Waals surface area contributed by atoms with Gasteiger partial charge in [-0.25, -0.2) is 4.98 Å². The number of nitrogens with one attached hydrogen (secondary N) is 1. The number of rotatable bonds is 6. The summed E-state index contributed by atoms with van der Waals surface area (Å²) in [7, 11) is 0. The van der Waals surface area contributed by atoms with Crippen molar-refractivity contribution >= 4 is 40.3 Å². The highest BCUT2D eigenvalue weighted by atomic mass is 35.5. The normalized spacial score (nSPS) is 10.6. The number of carbonyl (C=O) groups is 2. The second-order valence-corrected chi connectivity index (χ2v) is 5.67. The number of amides is 1. The molecule has 0 spiro atoms. The average molecular weight is 359 g/mol. The Bertz CT molecular complexity index is 874. The molecule has 0 aliphatic heterocycles. The van der Waals surface area contributed by atoms with Crippen LogP contribution in [0.25, 0.3) is 11.1 Å². The number of aryl methyl sites for hydroxylation is 1. The summed E-state index contributed by atoms with van der Waals surface area (Å²) in [6.07, 6.45) is 0.381. The third kappa shape index (κ3) is 4.58. The van der Waals surface area contributed by atoms with Crippen LogP contribution in [0.3, 0.4) is 0 Å². The molecular weight excluding hydrogens is 344 g/mol. The Morgan fingerprint density at radius 2 is 1.88 bits per heavy atom. The molecule has 1 amide bonds. The molecule has 0 unspecified atom stereocenters. The summed E-state index contributed by atoms with van der Waals surface area (Å²) in [5, 5.41) is 2.99. The summed E-state index contributed by atoms with van der Waals surface area (Å²) in [4.78, 5) is 27.8. The van der Waals surface area contributed by atoms with Gasteiger partial charge < -0.3 is 14.5 Å². The quantitative estimate of drug-likeness (QED) is 0.681. The van der Waals surface area contributed by atoms with E-state index in [-0.39, 0.29) is 13.0 Å². The van der Waals surface area contributed by atoms with Crippen LogP contribution in [-0.2, 0) is 20.7 Å². The highest BCUT2D eigenvalue weighted by Gasteiger charge is 2.12. The Balaban J connectivity index is 1.44. The minimum atomic E-state index is -0.503. The van der Waals surface area contributed by atoms with Gasteiger partial charge in [-0.1, -0.05) is 35.9 Å². The van der Waals surface area contributed by atoms with E-state index in [2.05, 4.69) is 10.3 Å². The number of para-hydroxylation sites is 3. The largest absolute Gasteiger partial charge is 0.456 e. The lowest BCUT2D eigenvalue weighted by atomic mass is 10.3. The molecule has 0 aliphatic rings. The predicted octanol–water partition coefficient (Wildman–Crippen LogP) is 3.60. The predicted molar refractivity (Wildman–Crippen MR) is 93.4 cm³/mol. The van der Waals surface area contributed by atoms with E-state index in [0.717, 1.165) is 5.52 Å². The molecular formula is C18H15ClN2O4. The molecule has 0 saturated heterocycles. The molecule has 7 heteroatoms. The minimum absolute atomic E-state index is 0.0756. The van der Waals surface area contributed by atoms with Gasteiger partial charge in [0.1, 0.15) is 5.52 Å². The first kappa shape index (κ1) is 17.0. The van der Waals surface area contributed by atoms with E-state index in [4.69, 9.17) is 20.8 Å². The SMILES string of the molecule is O=C(COC(=O)CCc1nc2ccccc2o1)Nc1ccccc1Cl. The lowest BCUT2D eigenvalue weighted by molar-refractivity contribution is -0.147. The van der Waals surface area contributed by atoms with Crippen molar-refractivity contribution in [3.63, 3.8) is 0 Å². The number of ether oxygens (including phenoxy) is 1. The fourth-order valence-electron chi connectivity index (χ4n) is 2.20. The third-order valence-corrected chi connectivity index (χ3v) is 3.72. The van der Waals surface area contributed by atoms with E-state index in [9.17, 15) is 9.59 Å². The second-order valence-electron chi connectivity index (χ2n) is 5.26. The van der Waals surface area contributed by atoms with E-state index in [0.29, 0.717) is 28.6 Å². The van der Waals surface area contributed by atoms with Crippen molar-refractivity contribution < 1.29 is 18.7 Å². The third-order valence-electron chi connectivity index (χ3n) is 3.39. The fourth-order valence-corrected chi connectivity index (χ4v) is 2.39. The van der Waals surface area contributed by atoms with Crippen molar-refractivity contribution in [2.24, 2.45) is 0 Å². The Hall–Kier alpha value is -2.86. The Morgan fingerprint density at radius 3 is 2.68 bits per heavy atom. The van der Waals surface area contributed by atoms with Gasteiger partial charge in [0.05, 0.1) is 17.1 Å². The fraction of sp³-hybridized carbons (Fsp3) is 0.167. The molecule has 6 nitrogen and oxygen atoms in total. The maximum absolute atomic E-state index is 11.8. The molecule has 1 N–H and O–H groups in total. The van der Waals surface area contributed by atoms with Crippen LogP contribution in [0.15, 0.2) is 52.9 Å². The van der Waals surface area contributed by atoms with Gasteiger partial charge in [0.25, 0.3) is 5.91 Å². The molecule has 0 fully saturated rings. The summed E-state index contributed by atoms with van der Waals surface area (Å²) in [6, 6.07) is 14.2. The topological polar surface area (TPSA) is 81.4 Å². The van der Waals surface area contributed by atoms with Gasteiger partial charge in [0, 0.05) is 6.42 Å². The highest BCUT2D eigenvalue weighted by molar-refractivity contribution is 6.33. The molecule has 0 saturated carbocycles. The van der Waals surface area contributed by atoms with E-state index in [1.165, 1.54) is 0 Å². The average Bonchev–Trinajstić information content (AvgIpc) is 3.03. The van der Waals surface area contributed by atoms with Crippen molar-refractivity contribution in [1.82, 2.24) is 4.98 Å². The zero-order valence-electron chi connectivity index (χ0n) is 13.2. The molecule has 25 heavy (non-hydrogen) atoms. The van der Waals surface area contributed by atoms with Crippen LogP contribution in [0.1, 0.15) is 12.3 Å². The molecule has 0 bridgehead atoms. The standard InChI is InChI=1S/C18H15ClN2O4/c19-12-5-1-2-6-13(12)20-16(22)11-24-18(23)10-9-17-21-14-7-3-4-8-15(14)25-17/h1-8H,9-11H2,(H,20,22). The van der Waals surface area contributed by atoms with Gasteiger partial charge in [-0.3, -0.25) is 9.59 Å². The number of fused-ring (bicyclic) bond motifs is 1. The molecule has 3 aromatic rings. The Labute approximate surface area is 148 Å². The lowest BCUT2D eigenvalue weighted by Crippen LogP contribution is -2.21. The van der Waals surface area contributed by atoms with Gasteiger partial charge in [-0.05, 0) is 24.3 Å². The number of halogens is 1. The minimum Gasteiger partial charge on any atom is -0.456 e. The van der Waals surface area contributed by atoms with Gasteiger partial charge in [-0.15, -0.1) is 0 Å². The molecule has 1 heterocycles. The Morgan fingerprint density at radius 1 is 1.12 bits per heavy atom. The molecule has 0 radical (unpaired) electrons. The number of hydrogen-bond donors (Lipinski definition) is 1. The first-order valence-electron chi connectivity index (χ1n) is 7.66. The van der Waals surface area contributed by atoms with Crippen LogP contribution >= 0.6 is 11.6 Å². The number of oxazole rings is 1. The van der Waals surface area contributed by atoms with Crippen molar-refractivity contribution in [1.29, 1.82) is 0 Å². The monoisotopic (exact) mass is 358 g/mol. The molecule has 128 valence electrons. The van der Waals surface area contributed by atoms with Crippen molar-refractivity contribution in [3.05, 3.63) is 59.4 Å². The first-order chi connectivity index (χ1) is 12.1. The van der Waals surface area contributed by atoms with Crippen LogP contribution in [0.4, 0.5) is 5.69 Å². The molecule has 0 atom stereocenters. The highest BCUT2D eigenvalue weighted by Crippen LogP contribution is 2.20. The number of carbonyl (C=O) groups excluding carboxylic acids is 2. The van der Waals surface area contributed by atoms with Gasteiger partial charge in [0.15, 0.2) is 18.1 Å². The summed E-state index contributed by atoms with van der Waals surface area (Å²) < 4.78 is 10.5. The van der Waals surface area contributed by atoms with E-state index < -0.39 is 11.9 Å². The van der Waals surface area contributed by atoms with Crippen LogP contribution in [-0.4, -0.2) is 23.5 Å². The number of aromatic nitrogens is 1. The van der Waals surface area contributed by atoms with Crippen LogP contribution in [0, 0.1) is 0 Å². The number of anilines is 1.